The van der Waals surface area contributed by atoms with E-state index in [1.807, 2.05) is 49.0 Å². The fraction of sp³-hybridized carbons (Fsp3) is 0.0769. The number of benzene rings is 1. The highest BCUT2D eigenvalue weighted by Crippen LogP contribution is 2.22. The van der Waals surface area contributed by atoms with Crippen molar-refractivity contribution in [3.8, 4) is 16.3 Å². The summed E-state index contributed by atoms with van der Waals surface area (Å²) < 4.78 is 1.79. The zero-order chi connectivity index (χ0) is 12.5. The topological polar surface area (TPSA) is 56.7 Å². The van der Waals surface area contributed by atoms with E-state index in [0.29, 0.717) is 0 Å². The molecular weight excluding hydrogens is 244 g/mol. The summed E-state index contributed by atoms with van der Waals surface area (Å²) >= 11 is 1.58. The van der Waals surface area contributed by atoms with Crippen molar-refractivity contribution in [2.24, 2.45) is 0 Å². The van der Waals surface area contributed by atoms with Crippen LogP contribution in [0.4, 0.5) is 5.69 Å². The summed E-state index contributed by atoms with van der Waals surface area (Å²) in [5.41, 5.74) is 9.61. The molecule has 4 nitrogen and oxygen atoms in total. The van der Waals surface area contributed by atoms with Gasteiger partial charge < -0.3 is 5.73 Å². The number of hydrogen-bond acceptors (Lipinski definition) is 4. The molecule has 0 saturated carbocycles. The van der Waals surface area contributed by atoms with Crippen molar-refractivity contribution in [2.75, 3.05) is 5.73 Å². The van der Waals surface area contributed by atoms with E-state index in [4.69, 9.17) is 5.73 Å². The lowest BCUT2D eigenvalue weighted by molar-refractivity contribution is 0.865. The normalized spacial score (nSPS) is 10.7. The zero-order valence-corrected chi connectivity index (χ0v) is 10.7. The molecule has 90 valence electrons. The molecule has 3 aromatic rings. The fourth-order valence-corrected chi connectivity index (χ4v) is 2.43. The van der Waals surface area contributed by atoms with Gasteiger partial charge >= 0.3 is 0 Å². The molecule has 0 fully saturated rings. The lowest BCUT2D eigenvalue weighted by atomic mass is 10.1. The lowest BCUT2D eigenvalue weighted by Gasteiger charge is -1.97. The van der Waals surface area contributed by atoms with Crippen LogP contribution in [-0.2, 0) is 0 Å². The van der Waals surface area contributed by atoms with Crippen LogP contribution in [0, 0.1) is 6.92 Å². The standard InChI is InChI=1S/C13H12N4S/c1-9-8-18-13(16-9)17-7-11(6-15-17)10-2-4-12(14)5-3-10/h2-8H,14H2,1H3. The Kier molecular flexibility index (Phi) is 2.60. The van der Waals surface area contributed by atoms with Gasteiger partial charge in [0.05, 0.1) is 11.9 Å². The van der Waals surface area contributed by atoms with Crippen LogP contribution < -0.4 is 5.73 Å². The van der Waals surface area contributed by atoms with Crippen LogP contribution in [0.1, 0.15) is 5.69 Å². The molecule has 18 heavy (non-hydrogen) atoms. The van der Waals surface area contributed by atoms with Crippen molar-refractivity contribution in [3.05, 3.63) is 47.7 Å². The highest BCUT2D eigenvalue weighted by Gasteiger charge is 2.05. The molecule has 0 atom stereocenters. The van der Waals surface area contributed by atoms with Crippen LogP contribution in [-0.4, -0.2) is 14.8 Å². The molecular formula is C13H12N4S. The van der Waals surface area contributed by atoms with Crippen molar-refractivity contribution < 1.29 is 0 Å². The number of nitrogens with two attached hydrogens (primary N) is 1. The van der Waals surface area contributed by atoms with Gasteiger partial charge in [0, 0.05) is 22.8 Å². The SMILES string of the molecule is Cc1csc(-n2cc(-c3ccc(N)cc3)cn2)n1. The summed E-state index contributed by atoms with van der Waals surface area (Å²) in [4.78, 5) is 4.40. The van der Waals surface area contributed by atoms with Gasteiger partial charge in [0.15, 0.2) is 0 Å². The van der Waals surface area contributed by atoms with Crippen molar-refractivity contribution >= 4 is 17.0 Å². The molecule has 2 aromatic heterocycles. The number of aryl methyl sites for hydroxylation is 1. The Bertz CT molecular complexity index is 666. The molecule has 0 aliphatic heterocycles. The van der Waals surface area contributed by atoms with Crippen LogP contribution in [0.3, 0.4) is 0 Å². The molecule has 0 aliphatic carbocycles. The maximum absolute atomic E-state index is 5.67. The summed E-state index contributed by atoms with van der Waals surface area (Å²) in [6.45, 7) is 1.98. The Morgan fingerprint density at radius 2 is 1.94 bits per heavy atom. The third-order valence-electron chi connectivity index (χ3n) is 2.63. The molecule has 0 unspecified atom stereocenters. The van der Waals surface area contributed by atoms with E-state index in [1.165, 1.54) is 0 Å². The van der Waals surface area contributed by atoms with E-state index in [2.05, 4.69) is 10.1 Å². The summed E-state index contributed by atoms with van der Waals surface area (Å²) in [5.74, 6) is 0. The van der Waals surface area contributed by atoms with Gasteiger partial charge in [-0.15, -0.1) is 11.3 Å². The van der Waals surface area contributed by atoms with Gasteiger partial charge in [0.2, 0.25) is 5.13 Å². The van der Waals surface area contributed by atoms with Crippen LogP contribution in [0.2, 0.25) is 0 Å². The van der Waals surface area contributed by atoms with Crippen molar-refractivity contribution in [1.82, 2.24) is 14.8 Å². The number of hydrogen-bond donors (Lipinski definition) is 1. The molecule has 5 heteroatoms. The molecule has 1 aromatic carbocycles. The van der Waals surface area contributed by atoms with Crippen molar-refractivity contribution in [3.63, 3.8) is 0 Å². The average Bonchev–Trinajstić information content (AvgIpc) is 2.98. The minimum Gasteiger partial charge on any atom is -0.399 e. The predicted molar refractivity (Wildman–Crippen MR) is 73.8 cm³/mol. The molecule has 2 heterocycles. The van der Waals surface area contributed by atoms with E-state index in [0.717, 1.165) is 27.6 Å². The van der Waals surface area contributed by atoms with Crippen molar-refractivity contribution in [1.29, 1.82) is 0 Å². The second kappa shape index (κ2) is 4.27. The van der Waals surface area contributed by atoms with E-state index < -0.39 is 0 Å². The van der Waals surface area contributed by atoms with Gasteiger partial charge in [-0.1, -0.05) is 12.1 Å². The first-order chi connectivity index (χ1) is 8.72. The first-order valence-corrected chi connectivity index (χ1v) is 6.43. The number of rotatable bonds is 2. The monoisotopic (exact) mass is 256 g/mol. The van der Waals surface area contributed by atoms with E-state index in [1.54, 1.807) is 16.0 Å². The summed E-state index contributed by atoms with van der Waals surface area (Å²) in [6.07, 6.45) is 3.81. The van der Waals surface area contributed by atoms with E-state index >= 15 is 0 Å². The fourth-order valence-electron chi connectivity index (χ4n) is 1.70. The summed E-state index contributed by atoms with van der Waals surface area (Å²) in [5, 5.41) is 7.23. The molecule has 0 radical (unpaired) electrons. The quantitative estimate of drug-likeness (QED) is 0.717. The Morgan fingerprint density at radius 1 is 1.17 bits per heavy atom. The van der Waals surface area contributed by atoms with E-state index in [9.17, 15) is 0 Å². The molecule has 3 rings (SSSR count). The number of nitrogens with zero attached hydrogens (tertiary/aromatic N) is 3. The molecule has 0 bridgehead atoms. The van der Waals surface area contributed by atoms with Gasteiger partial charge in [0.25, 0.3) is 0 Å². The second-order valence-corrected chi connectivity index (χ2v) is 4.90. The first-order valence-electron chi connectivity index (χ1n) is 5.55. The smallest absolute Gasteiger partial charge is 0.210 e. The highest BCUT2D eigenvalue weighted by atomic mass is 32.1. The highest BCUT2D eigenvalue weighted by molar-refractivity contribution is 7.12. The van der Waals surface area contributed by atoms with E-state index in [-0.39, 0.29) is 0 Å². The van der Waals surface area contributed by atoms with Crippen LogP contribution in [0.25, 0.3) is 16.3 Å². The molecule has 2 N–H and O–H groups in total. The van der Waals surface area contributed by atoms with Crippen LogP contribution >= 0.6 is 11.3 Å². The van der Waals surface area contributed by atoms with Gasteiger partial charge in [-0.25, -0.2) is 9.67 Å². The van der Waals surface area contributed by atoms with Gasteiger partial charge in [-0.2, -0.15) is 5.10 Å². The second-order valence-electron chi connectivity index (χ2n) is 4.07. The number of nitrogen functional groups attached to an aromatic ring is 1. The Hall–Kier alpha value is -2.14. The molecule has 0 aliphatic rings. The lowest BCUT2D eigenvalue weighted by Crippen LogP contribution is -1.92. The van der Waals surface area contributed by atoms with Gasteiger partial charge in [0.1, 0.15) is 0 Å². The van der Waals surface area contributed by atoms with Crippen LogP contribution in [0.15, 0.2) is 42.0 Å². The number of thiazole rings is 1. The first kappa shape index (κ1) is 11.0. The minimum atomic E-state index is 0.765. The Labute approximate surface area is 109 Å². The molecule has 0 spiro atoms. The van der Waals surface area contributed by atoms with Gasteiger partial charge in [-0.05, 0) is 24.6 Å². The zero-order valence-electron chi connectivity index (χ0n) is 9.87. The number of aromatic nitrogens is 3. The maximum Gasteiger partial charge on any atom is 0.210 e. The average molecular weight is 256 g/mol. The summed E-state index contributed by atoms with van der Waals surface area (Å²) in [6, 6.07) is 7.76. The van der Waals surface area contributed by atoms with Crippen LogP contribution in [0.5, 0.6) is 0 Å². The minimum absolute atomic E-state index is 0.765. The van der Waals surface area contributed by atoms with Crippen molar-refractivity contribution in [2.45, 2.75) is 6.92 Å². The Balaban J connectivity index is 1.96. The van der Waals surface area contributed by atoms with Gasteiger partial charge in [-0.3, -0.25) is 0 Å². The predicted octanol–water partition coefficient (Wildman–Crippen LogP) is 2.89. The Morgan fingerprint density at radius 3 is 2.61 bits per heavy atom. The number of anilines is 1. The largest absolute Gasteiger partial charge is 0.399 e. The molecule has 0 saturated heterocycles. The maximum atomic E-state index is 5.67. The third kappa shape index (κ3) is 2.00. The molecule has 0 amide bonds. The third-order valence-corrected chi connectivity index (χ3v) is 3.58. The summed E-state index contributed by atoms with van der Waals surface area (Å²) in [7, 11) is 0.